The molecule has 2 aromatic carbocycles. The summed E-state index contributed by atoms with van der Waals surface area (Å²) in [6.07, 6.45) is 0. The minimum atomic E-state index is -0.144. The molecule has 21 heavy (non-hydrogen) atoms. The molecule has 1 aromatic heterocycles. The fraction of sp³-hybridized carbons (Fsp3) is 0.125. The van der Waals surface area contributed by atoms with Crippen molar-refractivity contribution in [3.63, 3.8) is 0 Å². The van der Waals surface area contributed by atoms with Crippen LogP contribution in [0.2, 0.25) is 5.02 Å². The summed E-state index contributed by atoms with van der Waals surface area (Å²) < 4.78 is 5.79. The van der Waals surface area contributed by atoms with Crippen molar-refractivity contribution in [1.29, 1.82) is 0 Å². The van der Waals surface area contributed by atoms with Gasteiger partial charge in [0, 0.05) is 0 Å². The van der Waals surface area contributed by atoms with E-state index in [1.807, 2.05) is 55.6 Å². The molecule has 0 spiro atoms. The van der Waals surface area contributed by atoms with Crippen LogP contribution in [0.25, 0.3) is 11.5 Å². The molecule has 1 unspecified atom stereocenters. The lowest BCUT2D eigenvalue weighted by molar-refractivity contribution is 0.456. The number of benzene rings is 2. The van der Waals surface area contributed by atoms with Gasteiger partial charge in [-0.25, -0.2) is 0 Å². The quantitative estimate of drug-likeness (QED) is 0.798. The van der Waals surface area contributed by atoms with Gasteiger partial charge < -0.3 is 9.73 Å². The Bertz CT molecular complexity index is 727. The lowest BCUT2D eigenvalue weighted by Gasteiger charge is -2.11. The zero-order valence-corrected chi connectivity index (χ0v) is 12.2. The van der Waals surface area contributed by atoms with Gasteiger partial charge in [-0.05, 0) is 24.7 Å². The first-order valence-corrected chi connectivity index (χ1v) is 6.98. The monoisotopic (exact) mass is 299 g/mol. The van der Waals surface area contributed by atoms with Gasteiger partial charge in [0.25, 0.3) is 0 Å². The molecule has 0 bridgehead atoms. The maximum Gasteiger partial charge on any atom is 0.249 e. The van der Waals surface area contributed by atoms with E-state index >= 15 is 0 Å². The first-order chi connectivity index (χ1) is 10.3. The SMILES string of the molecule is CNC(c1ccccc1)c1nnc(-c2ccccc2Cl)o1. The summed E-state index contributed by atoms with van der Waals surface area (Å²) in [6.45, 7) is 0. The third-order valence-corrected chi connectivity index (χ3v) is 3.54. The highest BCUT2D eigenvalue weighted by Gasteiger charge is 2.20. The standard InChI is InChI=1S/C16H14ClN3O/c1-18-14(11-7-3-2-4-8-11)16-20-19-15(21-16)12-9-5-6-10-13(12)17/h2-10,14,18H,1H3. The van der Waals surface area contributed by atoms with Crippen molar-refractivity contribution in [2.45, 2.75) is 6.04 Å². The van der Waals surface area contributed by atoms with Crippen LogP contribution in [0.3, 0.4) is 0 Å². The summed E-state index contributed by atoms with van der Waals surface area (Å²) in [5.74, 6) is 0.936. The number of nitrogens with zero attached hydrogens (tertiary/aromatic N) is 2. The maximum absolute atomic E-state index is 6.16. The number of hydrogen-bond donors (Lipinski definition) is 1. The molecule has 1 atom stereocenters. The van der Waals surface area contributed by atoms with E-state index in [-0.39, 0.29) is 6.04 Å². The molecule has 0 fully saturated rings. The Kier molecular flexibility index (Phi) is 3.99. The highest BCUT2D eigenvalue weighted by Crippen LogP contribution is 2.28. The molecule has 1 N–H and O–H groups in total. The molecule has 3 aromatic rings. The van der Waals surface area contributed by atoms with Gasteiger partial charge in [-0.15, -0.1) is 10.2 Å². The Hall–Kier alpha value is -2.17. The number of aromatic nitrogens is 2. The highest BCUT2D eigenvalue weighted by molar-refractivity contribution is 6.33. The van der Waals surface area contributed by atoms with Gasteiger partial charge in [0.1, 0.15) is 6.04 Å². The van der Waals surface area contributed by atoms with E-state index in [4.69, 9.17) is 16.0 Å². The summed E-state index contributed by atoms with van der Waals surface area (Å²) in [7, 11) is 1.86. The number of hydrogen-bond acceptors (Lipinski definition) is 4. The van der Waals surface area contributed by atoms with E-state index in [1.54, 1.807) is 6.07 Å². The van der Waals surface area contributed by atoms with E-state index in [9.17, 15) is 0 Å². The molecule has 0 radical (unpaired) electrons. The Morgan fingerprint density at radius 3 is 2.43 bits per heavy atom. The van der Waals surface area contributed by atoms with Crippen LogP contribution in [0.1, 0.15) is 17.5 Å². The number of nitrogens with one attached hydrogen (secondary N) is 1. The fourth-order valence-electron chi connectivity index (χ4n) is 2.17. The van der Waals surface area contributed by atoms with Gasteiger partial charge in [-0.3, -0.25) is 0 Å². The van der Waals surface area contributed by atoms with Crippen LogP contribution in [-0.2, 0) is 0 Å². The van der Waals surface area contributed by atoms with Gasteiger partial charge >= 0.3 is 0 Å². The maximum atomic E-state index is 6.16. The molecule has 0 aliphatic carbocycles. The third-order valence-electron chi connectivity index (χ3n) is 3.21. The van der Waals surface area contributed by atoms with Crippen LogP contribution >= 0.6 is 11.6 Å². The predicted molar refractivity (Wildman–Crippen MR) is 82.1 cm³/mol. The van der Waals surface area contributed by atoms with Crippen molar-refractivity contribution < 1.29 is 4.42 Å². The van der Waals surface area contributed by atoms with Crippen LogP contribution in [0.4, 0.5) is 0 Å². The molecule has 0 amide bonds. The van der Waals surface area contributed by atoms with Gasteiger partial charge in [0.2, 0.25) is 11.8 Å². The van der Waals surface area contributed by atoms with Crippen LogP contribution in [0.15, 0.2) is 59.0 Å². The first kappa shape index (κ1) is 13.8. The first-order valence-electron chi connectivity index (χ1n) is 6.60. The lowest BCUT2D eigenvalue weighted by atomic mass is 10.1. The molecule has 0 saturated heterocycles. The second kappa shape index (κ2) is 6.08. The Labute approximate surface area is 127 Å². The molecular formula is C16H14ClN3O. The van der Waals surface area contributed by atoms with Crippen molar-refractivity contribution in [2.24, 2.45) is 0 Å². The molecule has 0 aliphatic heterocycles. The summed E-state index contributed by atoms with van der Waals surface area (Å²) in [4.78, 5) is 0. The Morgan fingerprint density at radius 1 is 1.00 bits per heavy atom. The topological polar surface area (TPSA) is 51.0 Å². The third kappa shape index (κ3) is 2.82. The zero-order valence-electron chi connectivity index (χ0n) is 11.5. The molecule has 1 heterocycles. The van der Waals surface area contributed by atoms with E-state index in [2.05, 4.69) is 15.5 Å². The number of rotatable bonds is 4. The molecule has 106 valence electrons. The van der Waals surface area contributed by atoms with Gasteiger partial charge in [-0.2, -0.15) is 0 Å². The minimum Gasteiger partial charge on any atom is -0.419 e. The van der Waals surface area contributed by atoms with E-state index in [0.29, 0.717) is 16.8 Å². The minimum absolute atomic E-state index is 0.144. The summed E-state index contributed by atoms with van der Waals surface area (Å²) >= 11 is 6.16. The Balaban J connectivity index is 1.96. The van der Waals surface area contributed by atoms with Crippen LogP contribution in [0, 0.1) is 0 Å². The van der Waals surface area contributed by atoms with Gasteiger partial charge in [-0.1, -0.05) is 54.1 Å². The van der Waals surface area contributed by atoms with Crippen LogP contribution in [-0.4, -0.2) is 17.2 Å². The summed E-state index contributed by atoms with van der Waals surface area (Å²) in [6, 6.07) is 17.2. The van der Waals surface area contributed by atoms with Crippen LogP contribution in [0.5, 0.6) is 0 Å². The van der Waals surface area contributed by atoms with Crippen molar-refractivity contribution in [1.82, 2.24) is 15.5 Å². The van der Waals surface area contributed by atoms with E-state index in [1.165, 1.54) is 0 Å². The normalized spacial score (nSPS) is 12.3. The van der Waals surface area contributed by atoms with Gasteiger partial charge in [0.15, 0.2) is 0 Å². The smallest absolute Gasteiger partial charge is 0.249 e. The average Bonchev–Trinajstić information content (AvgIpc) is 2.99. The van der Waals surface area contributed by atoms with Crippen molar-refractivity contribution in [3.05, 3.63) is 71.1 Å². The fourth-order valence-corrected chi connectivity index (χ4v) is 2.39. The second-order valence-corrected chi connectivity index (χ2v) is 4.96. The molecule has 3 rings (SSSR count). The van der Waals surface area contributed by atoms with Gasteiger partial charge in [0.05, 0.1) is 10.6 Å². The predicted octanol–water partition coefficient (Wildman–Crippen LogP) is 3.70. The molecule has 0 aliphatic rings. The van der Waals surface area contributed by atoms with Crippen molar-refractivity contribution >= 4 is 11.6 Å². The average molecular weight is 300 g/mol. The second-order valence-electron chi connectivity index (χ2n) is 4.56. The molecule has 0 saturated carbocycles. The molecule has 4 nitrogen and oxygen atoms in total. The number of halogens is 1. The van der Waals surface area contributed by atoms with E-state index in [0.717, 1.165) is 11.1 Å². The highest BCUT2D eigenvalue weighted by atomic mass is 35.5. The molecular weight excluding hydrogens is 286 g/mol. The molecule has 5 heteroatoms. The largest absolute Gasteiger partial charge is 0.419 e. The summed E-state index contributed by atoms with van der Waals surface area (Å²) in [5.41, 5.74) is 1.80. The summed E-state index contributed by atoms with van der Waals surface area (Å²) in [5, 5.41) is 12.0. The zero-order chi connectivity index (χ0) is 14.7. The Morgan fingerprint density at radius 2 is 1.71 bits per heavy atom. The van der Waals surface area contributed by atoms with Crippen molar-refractivity contribution in [3.8, 4) is 11.5 Å². The van der Waals surface area contributed by atoms with Crippen LogP contribution < -0.4 is 5.32 Å². The lowest BCUT2D eigenvalue weighted by Crippen LogP contribution is -2.17. The van der Waals surface area contributed by atoms with Crippen molar-refractivity contribution in [2.75, 3.05) is 7.05 Å². The van der Waals surface area contributed by atoms with E-state index < -0.39 is 0 Å².